The summed E-state index contributed by atoms with van der Waals surface area (Å²) in [6.45, 7) is 2.87. The molecule has 1 atom stereocenters. The molecule has 1 aromatic heterocycles. The van der Waals surface area contributed by atoms with Gasteiger partial charge in [-0.3, -0.25) is 4.79 Å². The number of halogens is 1. The number of hydrogen-bond acceptors (Lipinski definition) is 5. The van der Waals surface area contributed by atoms with Crippen molar-refractivity contribution in [3.63, 3.8) is 0 Å². The van der Waals surface area contributed by atoms with Gasteiger partial charge in [-0.15, -0.1) is 5.06 Å². The summed E-state index contributed by atoms with van der Waals surface area (Å²) < 4.78 is 0.806. The Morgan fingerprint density at radius 3 is 3.12 bits per heavy atom. The van der Waals surface area contributed by atoms with E-state index in [9.17, 15) is 4.79 Å². The fourth-order valence-electron chi connectivity index (χ4n) is 1.95. The molecule has 0 aromatic carbocycles. The first-order chi connectivity index (χ1) is 8.06. The second-order valence-corrected chi connectivity index (χ2v) is 4.95. The number of hydroxylamine groups is 2. The van der Waals surface area contributed by atoms with E-state index in [1.807, 2.05) is 6.07 Å². The van der Waals surface area contributed by atoms with Crippen LogP contribution in [0.4, 0.5) is 5.82 Å². The maximum absolute atomic E-state index is 10.8. The molecule has 1 fully saturated rings. The Hall–Kier alpha value is -1.14. The first-order valence-corrected chi connectivity index (χ1v) is 6.20. The molecule has 17 heavy (non-hydrogen) atoms. The van der Waals surface area contributed by atoms with Crippen LogP contribution in [0.15, 0.2) is 16.7 Å². The van der Waals surface area contributed by atoms with Crippen molar-refractivity contribution in [2.24, 2.45) is 0 Å². The Labute approximate surface area is 108 Å². The lowest BCUT2D eigenvalue weighted by molar-refractivity contribution is -0.182. The molecule has 2 heterocycles. The summed E-state index contributed by atoms with van der Waals surface area (Å²) in [6, 6.07) is 1.98. The zero-order valence-corrected chi connectivity index (χ0v) is 11.1. The fourth-order valence-corrected chi connectivity index (χ4v) is 2.32. The molecule has 0 aliphatic carbocycles. The van der Waals surface area contributed by atoms with Gasteiger partial charge in [0.05, 0.1) is 4.47 Å². The van der Waals surface area contributed by atoms with Crippen LogP contribution in [0.5, 0.6) is 0 Å². The molecule has 0 bridgehead atoms. The highest BCUT2D eigenvalue weighted by Gasteiger charge is 2.26. The number of nitrogens with zero attached hydrogens (tertiary/aromatic N) is 2. The number of rotatable bonds is 2. The zero-order chi connectivity index (χ0) is 12.4. The summed E-state index contributed by atoms with van der Waals surface area (Å²) in [6.07, 6.45) is 2.73. The van der Waals surface area contributed by atoms with E-state index < -0.39 is 0 Å². The van der Waals surface area contributed by atoms with E-state index >= 15 is 0 Å². The molecule has 0 radical (unpaired) electrons. The van der Waals surface area contributed by atoms with Crippen molar-refractivity contribution in [2.75, 3.05) is 18.8 Å². The minimum absolute atomic E-state index is 0.276. The largest absolute Gasteiger partial charge is 0.383 e. The number of nitrogen functional groups attached to an aromatic ring is 1. The van der Waals surface area contributed by atoms with E-state index in [1.54, 1.807) is 11.3 Å². The van der Waals surface area contributed by atoms with Crippen molar-refractivity contribution in [1.29, 1.82) is 0 Å². The summed E-state index contributed by atoms with van der Waals surface area (Å²) >= 11 is 3.36. The van der Waals surface area contributed by atoms with Crippen molar-refractivity contribution >= 4 is 27.7 Å². The first kappa shape index (κ1) is 12.3. The van der Waals surface area contributed by atoms with Gasteiger partial charge in [-0.1, -0.05) is 0 Å². The van der Waals surface area contributed by atoms with E-state index in [-0.39, 0.29) is 5.97 Å². The Kier molecular flexibility index (Phi) is 3.63. The molecule has 1 aliphatic rings. The summed E-state index contributed by atoms with van der Waals surface area (Å²) in [5, 5.41) is 1.69. The third-order valence-electron chi connectivity index (χ3n) is 2.77. The van der Waals surface area contributed by atoms with Crippen LogP contribution in [-0.4, -0.2) is 29.1 Å². The molecular weight excluding hydrogens is 286 g/mol. The Balaban J connectivity index is 2.04. The van der Waals surface area contributed by atoms with E-state index in [0.717, 1.165) is 23.0 Å². The minimum Gasteiger partial charge on any atom is -0.383 e. The van der Waals surface area contributed by atoms with Gasteiger partial charge >= 0.3 is 5.97 Å². The van der Waals surface area contributed by atoms with E-state index in [4.69, 9.17) is 10.6 Å². The average Bonchev–Trinajstić information content (AvgIpc) is 2.69. The molecule has 2 rings (SSSR count). The lowest BCUT2D eigenvalue weighted by Gasteiger charge is -2.14. The molecular formula is C11H14BrN3O2. The van der Waals surface area contributed by atoms with Gasteiger partial charge in [0.2, 0.25) is 0 Å². The molecule has 2 N–H and O–H groups in total. The smallest absolute Gasteiger partial charge is 0.322 e. The van der Waals surface area contributed by atoms with Crippen LogP contribution in [0.3, 0.4) is 0 Å². The number of anilines is 1. The normalized spacial score (nSPS) is 20.5. The van der Waals surface area contributed by atoms with Crippen molar-refractivity contribution in [3.05, 3.63) is 22.3 Å². The van der Waals surface area contributed by atoms with Crippen LogP contribution in [0.25, 0.3) is 0 Å². The van der Waals surface area contributed by atoms with E-state index in [2.05, 4.69) is 20.9 Å². The van der Waals surface area contributed by atoms with Crippen molar-refractivity contribution in [2.45, 2.75) is 19.3 Å². The third kappa shape index (κ3) is 2.95. The van der Waals surface area contributed by atoms with Crippen LogP contribution in [0.1, 0.15) is 24.8 Å². The van der Waals surface area contributed by atoms with Crippen LogP contribution < -0.4 is 5.73 Å². The van der Waals surface area contributed by atoms with Crippen LogP contribution in [-0.2, 0) is 9.63 Å². The van der Waals surface area contributed by atoms with Crippen LogP contribution in [0, 0.1) is 0 Å². The van der Waals surface area contributed by atoms with Crippen LogP contribution in [0.2, 0.25) is 0 Å². The first-order valence-electron chi connectivity index (χ1n) is 5.40. The second kappa shape index (κ2) is 5.01. The number of nitrogens with two attached hydrogens (primary N) is 1. The van der Waals surface area contributed by atoms with Gasteiger partial charge in [-0.25, -0.2) is 4.98 Å². The van der Waals surface area contributed by atoms with Crippen molar-refractivity contribution in [3.8, 4) is 0 Å². The molecule has 0 saturated carbocycles. The van der Waals surface area contributed by atoms with Gasteiger partial charge in [0.25, 0.3) is 0 Å². The van der Waals surface area contributed by atoms with Gasteiger partial charge in [-0.05, 0) is 34.0 Å². The highest BCUT2D eigenvalue weighted by atomic mass is 79.9. The molecule has 1 unspecified atom stereocenters. The van der Waals surface area contributed by atoms with Crippen molar-refractivity contribution < 1.29 is 9.63 Å². The average molecular weight is 300 g/mol. The maximum atomic E-state index is 10.8. The Morgan fingerprint density at radius 2 is 2.47 bits per heavy atom. The Bertz CT molecular complexity index is 439. The predicted molar refractivity (Wildman–Crippen MR) is 67.0 cm³/mol. The monoisotopic (exact) mass is 299 g/mol. The third-order valence-corrected chi connectivity index (χ3v) is 3.41. The summed E-state index contributed by atoms with van der Waals surface area (Å²) in [7, 11) is 0. The highest BCUT2D eigenvalue weighted by Crippen LogP contribution is 2.29. The predicted octanol–water partition coefficient (Wildman–Crippen LogP) is 1.69. The Morgan fingerprint density at radius 1 is 1.71 bits per heavy atom. The number of hydrogen-bond donors (Lipinski definition) is 1. The minimum atomic E-state index is -0.276. The molecule has 92 valence electrons. The van der Waals surface area contributed by atoms with Gasteiger partial charge in [0.15, 0.2) is 0 Å². The van der Waals surface area contributed by atoms with E-state index in [1.165, 1.54) is 6.92 Å². The number of carbonyl (C=O) groups excluding carboxylic acids is 1. The van der Waals surface area contributed by atoms with Gasteiger partial charge < -0.3 is 10.6 Å². The number of pyridine rings is 1. The molecule has 1 aliphatic heterocycles. The summed E-state index contributed by atoms with van der Waals surface area (Å²) in [4.78, 5) is 20.0. The fraction of sp³-hybridized carbons (Fsp3) is 0.455. The maximum Gasteiger partial charge on any atom is 0.322 e. The van der Waals surface area contributed by atoms with E-state index in [0.29, 0.717) is 18.3 Å². The quantitative estimate of drug-likeness (QED) is 0.900. The van der Waals surface area contributed by atoms with Crippen LogP contribution >= 0.6 is 15.9 Å². The molecule has 6 heteroatoms. The summed E-state index contributed by atoms with van der Waals surface area (Å²) in [5.41, 5.74) is 6.75. The number of carbonyl (C=O) groups is 1. The topological polar surface area (TPSA) is 68.5 Å². The SMILES string of the molecule is CC(=O)ON1CCC(c2cnc(N)c(Br)c2)C1. The van der Waals surface area contributed by atoms with Crippen molar-refractivity contribution in [1.82, 2.24) is 10.0 Å². The molecule has 0 spiro atoms. The van der Waals surface area contributed by atoms with Gasteiger partial charge in [-0.2, -0.15) is 0 Å². The zero-order valence-electron chi connectivity index (χ0n) is 9.52. The molecule has 5 nitrogen and oxygen atoms in total. The molecule has 1 aromatic rings. The number of aromatic nitrogens is 1. The molecule has 0 amide bonds. The standard InChI is InChI=1S/C11H14BrN3O2/c1-7(16)17-15-3-2-8(6-15)9-4-10(12)11(13)14-5-9/h4-5,8H,2-3,6H2,1H3,(H2,13,14). The van der Waals surface area contributed by atoms with Gasteiger partial charge in [0.1, 0.15) is 5.82 Å². The molecule has 1 saturated heterocycles. The second-order valence-electron chi connectivity index (χ2n) is 4.09. The highest BCUT2D eigenvalue weighted by molar-refractivity contribution is 9.10. The van der Waals surface area contributed by atoms with Gasteiger partial charge in [0, 0.05) is 32.1 Å². The lowest BCUT2D eigenvalue weighted by atomic mass is 10.0. The summed E-state index contributed by atoms with van der Waals surface area (Å²) in [5.74, 6) is 0.546. The lowest BCUT2D eigenvalue weighted by Crippen LogP contribution is -2.23.